The van der Waals surface area contributed by atoms with Crippen molar-refractivity contribution in [1.29, 1.82) is 0 Å². The number of aryl methyl sites for hydroxylation is 1. The van der Waals surface area contributed by atoms with Crippen LogP contribution in [0.5, 0.6) is 0 Å². The monoisotopic (exact) mass is 301 g/mol. The topological polar surface area (TPSA) is 46.2 Å². The second kappa shape index (κ2) is 4.18. The molecule has 0 spiro atoms. The Bertz CT molecular complexity index is 475. The van der Waals surface area contributed by atoms with Gasteiger partial charge in [0.15, 0.2) is 0 Å². The molecule has 16 heavy (non-hydrogen) atoms. The number of halogens is 2. The van der Waals surface area contributed by atoms with Crippen molar-refractivity contribution in [3.63, 3.8) is 0 Å². The van der Waals surface area contributed by atoms with Gasteiger partial charge < -0.3 is 0 Å². The molecule has 1 fully saturated rings. The van der Waals surface area contributed by atoms with E-state index in [1.165, 1.54) is 0 Å². The number of alkyl halides is 1. The van der Waals surface area contributed by atoms with Gasteiger partial charge in [-0.1, -0.05) is 28.1 Å². The number of nitrogens with one attached hydrogen (secondary N) is 1. The lowest BCUT2D eigenvalue weighted by molar-refractivity contribution is -0.125. The first-order valence-electron chi connectivity index (χ1n) is 4.75. The number of carbonyl (C=O) groups excluding carboxylic acids is 2. The van der Waals surface area contributed by atoms with Crippen LogP contribution in [0.3, 0.4) is 0 Å². The molecule has 1 aliphatic rings. The highest BCUT2D eigenvalue weighted by Crippen LogP contribution is 2.33. The third kappa shape index (κ3) is 1.87. The zero-order chi connectivity index (χ0) is 11.9. The standard InChI is InChI=1S/C11H9BrClNO2/c1-5-2-3-6(7(12)4-5)8-9(13)11(16)14-10(8)15/h2-4,8-9H,1H3,(H,14,15,16). The quantitative estimate of drug-likeness (QED) is 0.638. The summed E-state index contributed by atoms with van der Waals surface area (Å²) in [5.41, 5.74) is 1.82. The van der Waals surface area contributed by atoms with E-state index in [0.29, 0.717) is 0 Å². The van der Waals surface area contributed by atoms with Crippen LogP contribution in [0.2, 0.25) is 0 Å². The number of amides is 2. The number of hydrogen-bond donors (Lipinski definition) is 1. The van der Waals surface area contributed by atoms with Crippen LogP contribution in [0.15, 0.2) is 22.7 Å². The van der Waals surface area contributed by atoms with Crippen molar-refractivity contribution in [2.75, 3.05) is 0 Å². The summed E-state index contributed by atoms with van der Waals surface area (Å²) in [5.74, 6) is -1.37. The summed E-state index contributed by atoms with van der Waals surface area (Å²) in [7, 11) is 0. The predicted octanol–water partition coefficient (Wildman–Crippen LogP) is 2.10. The molecule has 2 unspecified atom stereocenters. The van der Waals surface area contributed by atoms with Crippen LogP contribution < -0.4 is 5.32 Å². The molecule has 0 radical (unpaired) electrons. The lowest BCUT2D eigenvalue weighted by atomic mass is 9.96. The lowest BCUT2D eigenvalue weighted by Crippen LogP contribution is -2.22. The smallest absolute Gasteiger partial charge is 0.245 e. The fourth-order valence-corrected chi connectivity index (χ4v) is 2.78. The molecule has 2 atom stereocenters. The molecule has 2 rings (SSSR count). The van der Waals surface area contributed by atoms with Crippen LogP contribution in [0.1, 0.15) is 17.0 Å². The second-order valence-corrected chi connectivity index (χ2v) is 5.08. The van der Waals surface area contributed by atoms with E-state index in [1.54, 1.807) is 0 Å². The maximum Gasteiger partial charge on any atom is 0.245 e. The molecule has 1 heterocycles. The summed E-state index contributed by atoms with van der Waals surface area (Å²) in [6, 6.07) is 5.60. The molecule has 1 saturated heterocycles. The maximum atomic E-state index is 11.6. The minimum atomic E-state index is -0.827. The van der Waals surface area contributed by atoms with E-state index in [9.17, 15) is 9.59 Å². The molecule has 1 N–H and O–H groups in total. The Labute approximate surface area is 106 Å². The van der Waals surface area contributed by atoms with Gasteiger partial charge in [-0.15, -0.1) is 11.6 Å². The Balaban J connectivity index is 2.44. The molecule has 5 heteroatoms. The molecule has 1 aromatic carbocycles. The molecule has 0 aliphatic carbocycles. The van der Waals surface area contributed by atoms with Crippen LogP contribution in [0.4, 0.5) is 0 Å². The van der Waals surface area contributed by atoms with E-state index >= 15 is 0 Å². The van der Waals surface area contributed by atoms with Gasteiger partial charge in [0.25, 0.3) is 0 Å². The van der Waals surface area contributed by atoms with E-state index in [0.717, 1.165) is 15.6 Å². The summed E-state index contributed by atoms with van der Waals surface area (Å²) >= 11 is 9.30. The first-order chi connectivity index (χ1) is 7.50. The van der Waals surface area contributed by atoms with Gasteiger partial charge in [-0.25, -0.2) is 0 Å². The molecule has 0 saturated carbocycles. The number of hydrogen-bond acceptors (Lipinski definition) is 2. The molecule has 0 bridgehead atoms. The Morgan fingerprint density at radius 1 is 1.31 bits per heavy atom. The number of benzene rings is 1. The largest absolute Gasteiger partial charge is 0.295 e. The number of rotatable bonds is 1. The fraction of sp³-hybridized carbons (Fsp3) is 0.273. The zero-order valence-electron chi connectivity index (χ0n) is 8.46. The van der Waals surface area contributed by atoms with Crippen LogP contribution in [-0.4, -0.2) is 17.2 Å². The highest BCUT2D eigenvalue weighted by atomic mass is 79.9. The van der Waals surface area contributed by atoms with Crippen molar-refractivity contribution in [2.24, 2.45) is 0 Å². The van der Waals surface area contributed by atoms with Gasteiger partial charge in [-0.2, -0.15) is 0 Å². The first-order valence-corrected chi connectivity index (χ1v) is 5.98. The molecule has 1 aliphatic heterocycles. The van der Waals surface area contributed by atoms with E-state index in [4.69, 9.17) is 11.6 Å². The number of carbonyl (C=O) groups is 2. The summed E-state index contributed by atoms with van der Waals surface area (Å²) in [6.45, 7) is 1.95. The zero-order valence-corrected chi connectivity index (χ0v) is 10.8. The van der Waals surface area contributed by atoms with Crippen molar-refractivity contribution in [3.8, 4) is 0 Å². The Morgan fingerprint density at radius 2 is 2.00 bits per heavy atom. The Hall–Kier alpha value is -0.870. The van der Waals surface area contributed by atoms with Gasteiger partial charge in [0.1, 0.15) is 5.38 Å². The molecule has 1 aromatic rings. The summed E-state index contributed by atoms with van der Waals surface area (Å²) in [5, 5.41) is 1.40. The van der Waals surface area contributed by atoms with Crippen molar-refractivity contribution < 1.29 is 9.59 Å². The van der Waals surface area contributed by atoms with Crippen molar-refractivity contribution >= 4 is 39.3 Å². The van der Waals surface area contributed by atoms with Crippen LogP contribution in [0.25, 0.3) is 0 Å². The van der Waals surface area contributed by atoms with Gasteiger partial charge in [-0.05, 0) is 24.1 Å². The van der Waals surface area contributed by atoms with Gasteiger partial charge in [-0.3, -0.25) is 14.9 Å². The van der Waals surface area contributed by atoms with E-state index in [-0.39, 0.29) is 5.91 Å². The van der Waals surface area contributed by atoms with Gasteiger partial charge in [0.2, 0.25) is 11.8 Å². The van der Waals surface area contributed by atoms with Crippen LogP contribution >= 0.6 is 27.5 Å². The molecule has 2 amide bonds. The van der Waals surface area contributed by atoms with E-state index < -0.39 is 17.2 Å². The van der Waals surface area contributed by atoms with E-state index in [1.807, 2.05) is 25.1 Å². The number of imide groups is 1. The summed E-state index contributed by atoms with van der Waals surface area (Å²) < 4.78 is 0.799. The van der Waals surface area contributed by atoms with Crippen LogP contribution in [0, 0.1) is 6.92 Å². The molecule has 84 valence electrons. The van der Waals surface area contributed by atoms with Crippen molar-refractivity contribution in [3.05, 3.63) is 33.8 Å². The molecule has 3 nitrogen and oxygen atoms in total. The normalized spacial score (nSPS) is 24.7. The third-order valence-electron chi connectivity index (χ3n) is 2.56. The van der Waals surface area contributed by atoms with Crippen molar-refractivity contribution in [1.82, 2.24) is 5.32 Å². The average molecular weight is 303 g/mol. The van der Waals surface area contributed by atoms with Gasteiger partial charge in [0, 0.05) is 4.47 Å². The third-order valence-corrected chi connectivity index (χ3v) is 3.70. The Kier molecular flexibility index (Phi) is 3.04. The highest BCUT2D eigenvalue weighted by molar-refractivity contribution is 9.10. The van der Waals surface area contributed by atoms with Crippen molar-refractivity contribution in [2.45, 2.75) is 18.2 Å². The van der Waals surface area contributed by atoms with Crippen LogP contribution in [-0.2, 0) is 9.59 Å². The summed E-state index contributed by atoms with van der Waals surface area (Å²) in [4.78, 5) is 22.9. The van der Waals surface area contributed by atoms with E-state index in [2.05, 4.69) is 21.2 Å². The summed E-state index contributed by atoms with van der Waals surface area (Å²) in [6.07, 6.45) is 0. The average Bonchev–Trinajstić information content (AvgIpc) is 2.43. The predicted molar refractivity (Wildman–Crippen MR) is 64.4 cm³/mol. The molecule has 0 aromatic heterocycles. The van der Waals surface area contributed by atoms with Gasteiger partial charge in [0.05, 0.1) is 5.92 Å². The fourth-order valence-electron chi connectivity index (χ4n) is 1.74. The Morgan fingerprint density at radius 3 is 2.50 bits per heavy atom. The SMILES string of the molecule is Cc1ccc(C2C(=O)NC(=O)C2Cl)c(Br)c1. The molecular formula is C11H9BrClNO2. The second-order valence-electron chi connectivity index (χ2n) is 3.76. The lowest BCUT2D eigenvalue weighted by Gasteiger charge is -2.12. The first kappa shape index (κ1) is 11.6. The van der Waals surface area contributed by atoms with Gasteiger partial charge >= 0.3 is 0 Å². The minimum absolute atomic E-state index is 0.338. The minimum Gasteiger partial charge on any atom is -0.295 e. The molecular weight excluding hydrogens is 293 g/mol. The highest BCUT2D eigenvalue weighted by Gasteiger charge is 2.42. The maximum absolute atomic E-state index is 11.6.